The third-order valence-corrected chi connectivity index (χ3v) is 8.60. The van der Waals surface area contributed by atoms with Gasteiger partial charge in [-0.1, -0.05) is 120 Å². The average Bonchev–Trinajstić information content (AvgIpc) is 2.80. The van der Waals surface area contributed by atoms with Crippen molar-refractivity contribution in [1.82, 2.24) is 10.6 Å². The number of phenols is 2. The summed E-state index contributed by atoms with van der Waals surface area (Å²) in [5.41, 5.74) is 6.25. The minimum absolute atomic E-state index is 0.00683. The fourth-order valence-electron chi connectivity index (χ4n) is 5.77. The zero-order chi connectivity index (χ0) is 30.3. The summed E-state index contributed by atoms with van der Waals surface area (Å²) in [6, 6.07) is 9.36. The van der Waals surface area contributed by atoms with Gasteiger partial charge in [0, 0.05) is 36.3 Å². The molecule has 1 aliphatic rings. The highest BCUT2D eigenvalue weighted by atomic mass is 16.3. The molecular formula is C36H58N2O2. The summed E-state index contributed by atoms with van der Waals surface area (Å²) in [7, 11) is 0. The predicted octanol–water partition coefficient (Wildman–Crippen LogP) is 8.48. The average molecular weight is 551 g/mol. The van der Waals surface area contributed by atoms with Gasteiger partial charge < -0.3 is 20.8 Å². The van der Waals surface area contributed by atoms with E-state index < -0.39 is 0 Å². The normalized spacial score (nSPS) is 19.2. The summed E-state index contributed by atoms with van der Waals surface area (Å²) >= 11 is 0. The number of hydrogen-bond donors (Lipinski definition) is 4. The van der Waals surface area contributed by atoms with Crippen molar-refractivity contribution in [3.63, 3.8) is 0 Å². The van der Waals surface area contributed by atoms with Crippen molar-refractivity contribution >= 4 is 0 Å². The van der Waals surface area contributed by atoms with Gasteiger partial charge in [0.2, 0.25) is 0 Å². The maximum Gasteiger partial charge on any atom is 0.123 e. The molecule has 1 aliphatic carbocycles. The molecule has 4 nitrogen and oxygen atoms in total. The number of rotatable bonds is 6. The van der Waals surface area contributed by atoms with Gasteiger partial charge in [0.25, 0.3) is 0 Å². The number of hydrogen-bond acceptors (Lipinski definition) is 4. The van der Waals surface area contributed by atoms with Crippen LogP contribution in [-0.2, 0) is 34.7 Å². The van der Waals surface area contributed by atoms with Crippen LogP contribution in [0.4, 0.5) is 0 Å². The molecule has 0 aromatic heterocycles. The molecule has 0 bridgehead atoms. The minimum atomic E-state index is -0.134. The third-order valence-electron chi connectivity index (χ3n) is 8.60. The van der Waals surface area contributed by atoms with Crippen LogP contribution in [0.25, 0.3) is 0 Å². The second kappa shape index (κ2) is 11.7. The van der Waals surface area contributed by atoms with Gasteiger partial charge in [-0.05, 0) is 56.8 Å². The Bertz CT molecular complexity index is 1080. The Balaban J connectivity index is 1.84. The lowest BCUT2D eigenvalue weighted by Crippen LogP contribution is -2.49. The van der Waals surface area contributed by atoms with Gasteiger partial charge in [-0.15, -0.1) is 0 Å². The van der Waals surface area contributed by atoms with Crippen molar-refractivity contribution in [2.24, 2.45) is 0 Å². The zero-order valence-electron chi connectivity index (χ0n) is 27.6. The van der Waals surface area contributed by atoms with Crippen LogP contribution in [-0.4, -0.2) is 22.3 Å². The van der Waals surface area contributed by atoms with E-state index in [1.54, 1.807) is 0 Å². The highest BCUT2D eigenvalue weighted by Crippen LogP contribution is 2.39. The van der Waals surface area contributed by atoms with Crippen LogP contribution in [0.15, 0.2) is 24.3 Å². The molecule has 0 spiro atoms. The van der Waals surface area contributed by atoms with E-state index in [1.807, 2.05) is 0 Å². The molecule has 1 unspecified atom stereocenters. The van der Waals surface area contributed by atoms with Gasteiger partial charge in [-0.3, -0.25) is 0 Å². The van der Waals surface area contributed by atoms with Gasteiger partial charge >= 0.3 is 0 Å². The molecule has 0 aliphatic heterocycles. The Hall–Kier alpha value is -2.04. The van der Waals surface area contributed by atoms with E-state index in [0.717, 1.165) is 35.1 Å². The Morgan fingerprint density at radius 1 is 0.550 bits per heavy atom. The molecule has 4 heteroatoms. The molecule has 0 radical (unpaired) electrons. The molecule has 40 heavy (non-hydrogen) atoms. The number of nitrogens with one attached hydrogen (secondary N) is 2. The van der Waals surface area contributed by atoms with Crippen molar-refractivity contribution in [3.8, 4) is 11.5 Å². The van der Waals surface area contributed by atoms with Gasteiger partial charge in [0.05, 0.1) is 0 Å². The summed E-state index contributed by atoms with van der Waals surface area (Å²) in [5, 5.41) is 30.2. The first-order valence-corrected chi connectivity index (χ1v) is 15.4. The number of benzene rings is 2. The molecule has 3 rings (SSSR count). The summed E-state index contributed by atoms with van der Waals surface area (Å²) in [5.74, 6) is 0.846. The maximum atomic E-state index is 11.3. The minimum Gasteiger partial charge on any atom is -0.507 e. The monoisotopic (exact) mass is 550 g/mol. The summed E-state index contributed by atoms with van der Waals surface area (Å²) in [6.07, 6.45) is 4.61. The van der Waals surface area contributed by atoms with Crippen LogP contribution in [0.3, 0.4) is 0 Å². The molecule has 4 N–H and O–H groups in total. The van der Waals surface area contributed by atoms with Gasteiger partial charge in [-0.25, -0.2) is 0 Å². The smallest absolute Gasteiger partial charge is 0.123 e. The van der Waals surface area contributed by atoms with Crippen LogP contribution in [0.2, 0.25) is 0 Å². The van der Waals surface area contributed by atoms with Crippen LogP contribution >= 0.6 is 0 Å². The van der Waals surface area contributed by atoms with E-state index >= 15 is 0 Å². The van der Waals surface area contributed by atoms with Crippen molar-refractivity contribution < 1.29 is 10.2 Å². The fourth-order valence-corrected chi connectivity index (χ4v) is 5.77. The molecule has 1 fully saturated rings. The van der Waals surface area contributed by atoms with Crippen LogP contribution < -0.4 is 10.6 Å². The molecule has 2 atom stereocenters. The van der Waals surface area contributed by atoms with Gasteiger partial charge in [0.1, 0.15) is 11.5 Å². The fraction of sp³-hybridized carbons (Fsp3) is 0.667. The lowest BCUT2D eigenvalue weighted by Gasteiger charge is -2.34. The summed E-state index contributed by atoms with van der Waals surface area (Å²) in [4.78, 5) is 0. The number of aromatic hydroxyl groups is 2. The molecule has 0 saturated heterocycles. The molecule has 0 heterocycles. The van der Waals surface area contributed by atoms with Crippen molar-refractivity contribution in [2.75, 3.05) is 0 Å². The Morgan fingerprint density at radius 2 is 0.875 bits per heavy atom. The molecule has 2 aromatic rings. The largest absolute Gasteiger partial charge is 0.507 e. The van der Waals surface area contributed by atoms with E-state index in [0.29, 0.717) is 36.7 Å². The summed E-state index contributed by atoms with van der Waals surface area (Å²) in [6.45, 7) is 27.7. The van der Waals surface area contributed by atoms with E-state index in [2.05, 4.69) is 118 Å². The predicted molar refractivity (Wildman–Crippen MR) is 171 cm³/mol. The van der Waals surface area contributed by atoms with Crippen LogP contribution in [0.1, 0.15) is 142 Å². The number of phenolic OH excluding ortho intramolecular Hbond substituents is 2. The van der Waals surface area contributed by atoms with Crippen molar-refractivity contribution in [1.29, 1.82) is 0 Å². The zero-order valence-corrected chi connectivity index (χ0v) is 27.6. The van der Waals surface area contributed by atoms with Crippen molar-refractivity contribution in [3.05, 3.63) is 57.6 Å². The van der Waals surface area contributed by atoms with Crippen molar-refractivity contribution in [2.45, 2.75) is 156 Å². The molecule has 224 valence electrons. The topological polar surface area (TPSA) is 64.5 Å². The maximum absolute atomic E-state index is 11.3. The van der Waals surface area contributed by atoms with E-state index in [4.69, 9.17) is 0 Å². The third kappa shape index (κ3) is 7.82. The Kier molecular flexibility index (Phi) is 9.48. The first kappa shape index (κ1) is 32.5. The quantitative estimate of drug-likeness (QED) is 0.291. The lowest BCUT2D eigenvalue weighted by molar-refractivity contribution is 0.279. The molecule has 0 amide bonds. The standard InChI is InChI=1S/C36H58N2O2/c1-33(2,3)25-17-23(31(39)27(19-25)35(7,8)9)21-37-29-15-13-14-16-30(29)38-22-24-18-26(34(4,5)6)20-28(32(24)40)36(10,11)12/h17-20,29-30,37-40H,13-16,21-22H2,1-12H3/t29-,30?/m1/s1. The molecule has 2 aromatic carbocycles. The molecule has 1 saturated carbocycles. The van der Waals surface area contributed by atoms with Gasteiger partial charge in [0.15, 0.2) is 0 Å². The SMILES string of the molecule is CC(C)(C)c1cc(CNC2CCCC[C@H]2NCc2cc(C(C)(C)C)cc(C(C)(C)C)c2O)c(O)c(C(C)(C)C)c1. The second-order valence-electron chi connectivity index (χ2n) is 16.3. The molecular weight excluding hydrogens is 492 g/mol. The highest BCUT2D eigenvalue weighted by molar-refractivity contribution is 5.50. The van der Waals surface area contributed by atoms with Crippen LogP contribution in [0, 0.1) is 0 Å². The Labute approximate surface area is 245 Å². The summed E-state index contributed by atoms with van der Waals surface area (Å²) < 4.78 is 0. The van der Waals surface area contributed by atoms with E-state index in [1.165, 1.54) is 24.0 Å². The van der Waals surface area contributed by atoms with E-state index in [9.17, 15) is 10.2 Å². The first-order chi connectivity index (χ1) is 18.2. The van der Waals surface area contributed by atoms with Gasteiger partial charge in [-0.2, -0.15) is 0 Å². The Morgan fingerprint density at radius 3 is 1.15 bits per heavy atom. The highest BCUT2D eigenvalue weighted by Gasteiger charge is 2.29. The first-order valence-electron chi connectivity index (χ1n) is 15.4. The second-order valence-corrected chi connectivity index (χ2v) is 16.3. The lowest BCUT2D eigenvalue weighted by atomic mass is 9.78. The van der Waals surface area contributed by atoms with Crippen LogP contribution in [0.5, 0.6) is 11.5 Å². The van der Waals surface area contributed by atoms with E-state index in [-0.39, 0.29) is 21.7 Å².